The van der Waals surface area contributed by atoms with E-state index in [-0.39, 0.29) is 6.04 Å². The quantitative estimate of drug-likeness (QED) is 0.533. The number of pyridine rings is 1. The number of alkyl halides is 3. The average Bonchev–Trinajstić information content (AvgIpc) is 3.15. The van der Waals surface area contributed by atoms with Crippen LogP contribution < -0.4 is 10.6 Å². The van der Waals surface area contributed by atoms with Crippen LogP contribution in [0, 0.1) is 0 Å². The van der Waals surface area contributed by atoms with E-state index in [4.69, 9.17) is 0 Å². The molecule has 0 amide bonds. The molecule has 1 aliphatic heterocycles. The lowest BCUT2D eigenvalue weighted by Gasteiger charge is -2.19. The molecule has 162 valence electrons. The van der Waals surface area contributed by atoms with Crippen LogP contribution in [0.3, 0.4) is 0 Å². The molecule has 8 heteroatoms. The van der Waals surface area contributed by atoms with Crippen molar-refractivity contribution in [3.05, 3.63) is 65.5 Å². The van der Waals surface area contributed by atoms with Gasteiger partial charge in [0.05, 0.1) is 5.56 Å². The first-order chi connectivity index (χ1) is 14.4. The average molecular weight is 419 g/mol. The Morgan fingerprint density at radius 1 is 1.20 bits per heavy atom. The zero-order valence-electron chi connectivity index (χ0n) is 17.1. The van der Waals surface area contributed by atoms with Crippen LogP contribution in [0.15, 0.2) is 53.7 Å². The summed E-state index contributed by atoms with van der Waals surface area (Å²) >= 11 is 0. The number of benzene rings is 1. The standard InChI is InChI=1S/C22H28F3N5/c1-2-26-21(28-13-10-19-5-3-4-12-27-19)29-20-11-14-30(16-20)15-17-6-8-18(9-7-17)22(23,24)25/h3-9,12,20H,2,10-11,13-16H2,1H3,(H2,26,28,29). The Labute approximate surface area is 175 Å². The molecule has 2 heterocycles. The van der Waals surface area contributed by atoms with Gasteiger partial charge in [0.15, 0.2) is 5.96 Å². The summed E-state index contributed by atoms with van der Waals surface area (Å²) in [5.74, 6) is 0.787. The maximum Gasteiger partial charge on any atom is 0.416 e. The molecule has 1 saturated heterocycles. The summed E-state index contributed by atoms with van der Waals surface area (Å²) < 4.78 is 38.1. The van der Waals surface area contributed by atoms with Crippen molar-refractivity contribution in [2.75, 3.05) is 26.2 Å². The Hall–Kier alpha value is -2.61. The molecule has 5 nitrogen and oxygen atoms in total. The molecule has 0 aliphatic carbocycles. The maximum atomic E-state index is 12.7. The lowest BCUT2D eigenvalue weighted by Crippen LogP contribution is -2.44. The van der Waals surface area contributed by atoms with Gasteiger partial charge in [0.1, 0.15) is 0 Å². The lowest BCUT2D eigenvalue weighted by atomic mass is 10.1. The summed E-state index contributed by atoms with van der Waals surface area (Å²) in [4.78, 5) is 11.2. The molecule has 1 aromatic heterocycles. The number of hydrogen-bond donors (Lipinski definition) is 2. The van der Waals surface area contributed by atoms with Gasteiger partial charge in [-0.25, -0.2) is 0 Å². The Morgan fingerprint density at radius 3 is 2.67 bits per heavy atom. The molecule has 1 atom stereocenters. The normalized spacial score (nSPS) is 17.9. The first kappa shape index (κ1) is 22.1. The maximum absolute atomic E-state index is 12.7. The summed E-state index contributed by atoms with van der Waals surface area (Å²) in [6.07, 6.45) is -0.764. The van der Waals surface area contributed by atoms with E-state index < -0.39 is 11.7 Å². The fourth-order valence-electron chi connectivity index (χ4n) is 3.49. The summed E-state index contributed by atoms with van der Waals surface area (Å²) in [7, 11) is 0. The minimum atomic E-state index is -4.29. The molecule has 1 aliphatic rings. The largest absolute Gasteiger partial charge is 0.416 e. The van der Waals surface area contributed by atoms with Crippen LogP contribution in [0.1, 0.15) is 30.2 Å². The van der Waals surface area contributed by atoms with E-state index in [9.17, 15) is 13.2 Å². The van der Waals surface area contributed by atoms with Crippen molar-refractivity contribution in [2.45, 2.75) is 38.5 Å². The minimum absolute atomic E-state index is 0.257. The van der Waals surface area contributed by atoms with Crippen LogP contribution in [0.4, 0.5) is 13.2 Å². The van der Waals surface area contributed by atoms with Gasteiger partial charge in [0.25, 0.3) is 0 Å². The molecule has 1 unspecified atom stereocenters. The molecule has 2 N–H and O–H groups in total. The van der Waals surface area contributed by atoms with Crippen molar-refractivity contribution >= 4 is 5.96 Å². The van der Waals surface area contributed by atoms with E-state index in [1.54, 1.807) is 18.3 Å². The number of likely N-dealkylation sites (tertiary alicyclic amines) is 1. The SMILES string of the molecule is CCNC(=NCCc1ccccn1)NC1CCN(Cc2ccc(C(F)(F)F)cc2)C1. The topological polar surface area (TPSA) is 52.6 Å². The van der Waals surface area contributed by atoms with Gasteiger partial charge in [-0.1, -0.05) is 18.2 Å². The molecule has 2 aromatic rings. The Kier molecular flexibility index (Phi) is 7.68. The van der Waals surface area contributed by atoms with E-state index in [1.165, 1.54) is 0 Å². The minimum Gasteiger partial charge on any atom is -0.357 e. The van der Waals surface area contributed by atoms with Gasteiger partial charge < -0.3 is 10.6 Å². The predicted octanol–water partition coefficient (Wildman–Crippen LogP) is 3.47. The molecule has 3 rings (SSSR count). The molecular weight excluding hydrogens is 391 g/mol. The first-order valence-electron chi connectivity index (χ1n) is 10.3. The summed E-state index contributed by atoms with van der Waals surface area (Å²) in [5, 5.41) is 6.75. The summed E-state index contributed by atoms with van der Waals surface area (Å²) in [6.45, 7) is 5.81. The van der Waals surface area contributed by atoms with Gasteiger partial charge in [0.2, 0.25) is 0 Å². The highest BCUT2D eigenvalue weighted by Gasteiger charge is 2.30. The zero-order valence-corrected chi connectivity index (χ0v) is 17.1. The van der Waals surface area contributed by atoms with Gasteiger partial charge in [-0.2, -0.15) is 13.2 Å². The Bertz CT molecular complexity index is 806. The number of rotatable bonds is 7. The number of aliphatic imine (C=N–C) groups is 1. The van der Waals surface area contributed by atoms with Crippen molar-refractivity contribution < 1.29 is 13.2 Å². The van der Waals surface area contributed by atoms with Crippen LogP contribution in [-0.4, -0.2) is 48.1 Å². The zero-order chi connectivity index (χ0) is 21.4. The molecule has 0 spiro atoms. The van der Waals surface area contributed by atoms with Crippen LogP contribution in [0.2, 0.25) is 0 Å². The molecule has 0 radical (unpaired) electrons. The van der Waals surface area contributed by atoms with Gasteiger partial charge in [-0.3, -0.25) is 14.9 Å². The van der Waals surface area contributed by atoms with Crippen LogP contribution in [0.25, 0.3) is 0 Å². The predicted molar refractivity (Wildman–Crippen MR) is 112 cm³/mol. The van der Waals surface area contributed by atoms with Crippen LogP contribution in [-0.2, 0) is 19.1 Å². The number of guanidine groups is 1. The number of nitrogens with zero attached hydrogens (tertiary/aromatic N) is 3. The third-order valence-corrected chi connectivity index (χ3v) is 5.01. The van der Waals surface area contributed by atoms with Gasteiger partial charge in [-0.15, -0.1) is 0 Å². The van der Waals surface area contributed by atoms with Crippen molar-refractivity contribution in [3.8, 4) is 0 Å². The highest BCUT2D eigenvalue weighted by Crippen LogP contribution is 2.29. The molecular formula is C22H28F3N5. The smallest absolute Gasteiger partial charge is 0.357 e. The molecule has 0 saturated carbocycles. The second-order valence-electron chi connectivity index (χ2n) is 7.39. The highest BCUT2D eigenvalue weighted by atomic mass is 19.4. The Morgan fingerprint density at radius 2 is 2.00 bits per heavy atom. The monoisotopic (exact) mass is 419 g/mol. The number of nitrogens with one attached hydrogen (secondary N) is 2. The highest BCUT2D eigenvalue weighted by molar-refractivity contribution is 5.80. The third-order valence-electron chi connectivity index (χ3n) is 5.01. The van der Waals surface area contributed by atoms with E-state index in [0.717, 1.165) is 61.8 Å². The van der Waals surface area contributed by atoms with Crippen LogP contribution >= 0.6 is 0 Å². The first-order valence-corrected chi connectivity index (χ1v) is 10.3. The van der Waals surface area contributed by atoms with Gasteiger partial charge in [0, 0.05) is 57.1 Å². The van der Waals surface area contributed by atoms with Crippen molar-refractivity contribution in [1.29, 1.82) is 0 Å². The van der Waals surface area contributed by atoms with E-state index in [2.05, 4.69) is 25.5 Å². The van der Waals surface area contributed by atoms with E-state index >= 15 is 0 Å². The summed E-state index contributed by atoms with van der Waals surface area (Å²) in [5.41, 5.74) is 1.30. The van der Waals surface area contributed by atoms with Crippen molar-refractivity contribution in [2.24, 2.45) is 4.99 Å². The second kappa shape index (κ2) is 10.4. The van der Waals surface area contributed by atoms with Gasteiger partial charge >= 0.3 is 6.18 Å². The lowest BCUT2D eigenvalue weighted by molar-refractivity contribution is -0.137. The third kappa shape index (κ3) is 6.73. The number of hydrogen-bond acceptors (Lipinski definition) is 3. The second-order valence-corrected chi connectivity index (χ2v) is 7.39. The fraction of sp³-hybridized carbons (Fsp3) is 0.455. The molecule has 30 heavy (non-hydrogen) atoms. The van der Waals surface area contributed by atoms with Crippen molar-refractivity contribution in [3.63, 3.8) is 0 Å². The molecule has 1 aromatic carbocycles. The Balaban J connectivity index is 1.48. The molecule has 1 fully saturated rings. The summed E-state index contributed by atoms with van der Waals surface area (Å²) in [6, 6.07) is 11.5. The molecule has 0 bridgehead atoms. The van der Waals surface area contributed by atoms with Gasteiger partial charge in [-0.05, 0) is 43.2 Å². The number of halogens is 3. The van der Waals surface area contributed by atoms with Crippen LogP contribution in [0.5, 0.6) is 0 Å². The number of aromatic nitrogens is 1. The fourth-order valence-corrected chi connectivity index (χ4v) is 3.49. The van der Waals surface area contributed by atoms with Crippen molar-refractivity contribution in [1.82, 2.24) is 20.5 Å². The van der Waals surface area contributed by atoms with E-state index in [0.29, 0.717) is 13.1 Å². The van der Waals surface area contributed by atoms with E-state index in [1.807, 2.05) is 25.1 Å².